The van der Waals surface area contributed by atoms with Gasteiger partial charge in [0.1, 0.15) is 0 Å². The van der Waals surface area contributed by atoms with Gasteiger partial charge in [0.2, 0.25) is 10.0 Å². The number of hydrogen-bond acceptors (Lipinski definition) is 3. The van der Waals surface area contributed by atoms with Gasteiger partial charge in [0.15, 0.2) is 0 Å². The van der Waals surface area contributed by atoms with Crippen molar-refractivity contribution in [1.29, 1.82) is 0 Å². The fourth-order valence-electron chi connectivity index (χ4n) is 2.36. The summed E-state index contributed by atoms with van der Waals surface area (Å²) < 4.78 is 27.0. The van der Waals surface area contributed by atoms with Crippen molar-refractivity contribution in [2.24, 2.45) is 0 Å². The van der Waals surface area contributed by atoms with Crippen molar-refractivity contribution < 1.29 is 8.42 Å². The molecular weight excluding hydrogens is 260 g/mol. The lowest BCUT2D eigenvalue weighted by molar-refractivity contribution is 0.576. The zero-order valence-electron chi connectivity index (χ0n) is 11.6. The van der Waals surface area contributed by atoms with Gasteiger partial charge in [-0.1, -0.05) is 19.8 Å². The molecule has 0 bridgehead atoms. The van der Waals surface area contributed by atoms with Crippen molar-refractivity contribution in [3.63, 3.8) is 0 Å². The predicted octanol–water partition coefficient (Wildman–Crippen LogP) is 2.51. The highest BCUT2D eigenvalue weighted by Crippen LogP contribution is 2.27. The number of hydrogen-bond donors (Lipinski definition) is 2. The van der Waals surface area contributed by atoms with Gasteiger partial charge in [0.05, 0.1) is 4.90 Å². The van der Waals surface area contributed by atoms with Crippen molar-refractivity contribution in [2.45, 2.75) is 50.5 Å². The lowest BCUT2D eigenvalue weighted by atomic mass is 10.1. The zero-order chi connectivity index (χ0) is 13.9. The monoisotopic (exact) mass is 282 g/mol. The third kappa shape index (κ3) is 3.48. The molecule has 1 aromatic carbocycles. The molecule has 106 valence electrons. The van der Waals surface area contributed by atoms with Crippen LogP contribution in [0.1, 0.15) is 38.7 Å². The van der Waals surface area contributed by atoms with Crippen LogP contribution in [0.3, 0.4) is 0 Å². The average Bonchev–Trinajstić information content (AvgIpc) is 2.73. The average molecular weight is 282 g/mol. The van der Waals surface area contributed by atoms with E-state index in [1.54, 1.807) is 12.1 Å². The van der Waals surface area contributed by atoms with Crippen molar-refractivity contribution in [3.8, 4) is 0 Å². The smallest absolute Gasteiger partial charge is 0.240 e. The summed E-state index contributed by atoms with van der Waals surface area (Å²) in [7, 11) is -3.36. The second-order valence-corrected chi connectivity index (χ2v) is 6.94. The zero-order valence-corrected chi connectivity index (χ0v) is 12.4. The molecule has 0 radical (unpaired) electrons. The van der Waals surface area contributed by atoms with Crippen LogP contribution in [-0.4, -0.2) is 21.0 Å². The molecule has 0 fully saturated rings. The minimum Gasteiger partial charge on any atom is -0.382 e. The first-order valence-corrected chi connectivity index (χ1v) is 8.40. The summed E-state index contributed by atoms with van der Waals surface area (Å²) in [6.07, 6.45) is 3.91. The van der Waals surface area contributed by atoms with Crippen LogP contribution in [0.15, 0.2) is 23.1 Å². The maximum atomic E-state index is 12.1. The third-order valence-corrected chi connectivity index (χ3v) is 4.85. The Morgan fingerprint density at radius 3 is 2.89 bits per heavy atom. The second-order valence-electron chi connectivity index (χ2n) is 5.17. The number of nitrogens with one attached hydrogen (secondary N) is 2. The van der Waals surface area contributed by atoms with E-state index in [1.165, 1.54) is 0 Å². The van der Waals surface area contributed by atoms with Gasteiger partial charge in [0.25, 0.3) is 0 Å². The molecule has 1 atom stereocenters. The molecule has 0 aromatic heterocycles. The summed E-state index contributed by atoms with van der Waals surface area (Å²) in [5.74, 6) is 0. The molecule has 1 aliphatic heterocycles. The highest BCUT2D eigenvalue weighted by Gasteiger charge is 2.20. The molecular formula is C14H22N2O2S. The van der Waals surface area contributed by atoms with Crippen LogP contribution in [0.4, 0.5) is 5.69 Å². The van der Waals surface area contributed by atoms with Crippen molar-refractivity contribution in [3.05, 3.63) is 23.8 Å². The lowest BCUT2D eigenvalue weighted by Gasteiger charge is -2.08. The number of benzene rings is 1. The Morgan fingerprint density at radius 2 is 2.16 bits per heavy atom. The molecule has 4 nitrogen and oxygen atoms in total. The molecule has 2 rings (SSSR count). The van der Waals surface area contributed by atoms with Gasteiger partial charge in [-0.25, -0.2) is 13.1 Å². The van der Waals surface area contributed by atoms with Crippen LogP contribution in [-0.2, 0) is 16.4 Å². The van der Waals surface area contributed by atoms with E-state index >= 15 is 0 Å². The minimum atomic E-state index is -3.36. The second kappa shape index (κ2) is 5.92. The SMILES string of the molecule is CCCCCNS(=O)(=O)c1ccc2c(c1)CC(C)N2. The van der Waals surface area contributed by atoms with Gasteiger partial charge in [-0.2, -0.15) is 0 Å². The maximum absolute atomic E-state index is 12.1. The van der Waals surface area contributed by atoms with Gasteiger partial charge < -0.3 is 5.32 Å². The Morgan fingerprint density at radius 1 is 1.37 bits per heavy atom. The van der Waals surface area contributed by atoms with E-state index in [1.807, 2.05) is 6.07 Å². The molecule has 19 heavy (non-hydrogen) atoms. The van der Waals surface area contributed by atoms with E-state index in [9.17, 15) is 8.42 Å². The van der Waals surface area contributed by atoms with Crippen LogP contribution < -0.4 is 10.0 Å². The van der Waals surface area contributed by atoms with Gasteiger partial charge in [0, 0.05) is 18.3 Å². The molecule has 0 amide bonds. The lowest BCUT2D eigenvalue weighted by Crippen LogP contribution is -2.24. The first-order valence-electron chi connectivity index (χ1n) is 6.92. The minimum absolute atomic E-state index is 0.374. The van der Waals surface area contributed by atoms with E-state index < -0.39 is 10.0 Å². The van der Waals surface area contributed by atoms with Crippen molar-refractivity contribution >= 4 is 15.7 Å². The Kier molecular flexibility index (Phi) is 4.47. The molecule has 1 heterocycles. The Hall–Kier alpha value is -1.07. The van der Waals surface area contributed by atoms with Gasteiger partial charge in [-0.3, -0.25) is 0 Å². The number of anilines is 1. The standard InChI is InChI=1S/C14H22N2O2S/c1-3-4-5-8-15-19(17,18)13-6-7-14-12(10-13)9-11(2)16-14/h6-7,10-11,15-16H,3-5,8-9H2,1-2H3. The van der Waals surface area contributed by atoms with Crippen LogP contribution >= 0.6 is 0 Å². The van der Waals surface area contributed by atoms with Crippen LogP contribution in [0.5, 0.6) is 0 Å². The number of rotatable bonds is 6. The number of unbranched alkanes of at least 4 members (excludes halogenated alkanes) is 2. The van der Waals surface area contributed by atoms with Gasteiger partial charge in [-0.15, -0.1) is 0 Å². The van der Waals surface area contributed by atoms with E-state index in [2.05, 4.69) is 23.9 Å². The van der Waals surface area contributed by atoms with Crippen LogP contribution in [0.25, 0.3) is 0 Å². The summed E-state index contributed by atoms with van der Waals surface area (Å²) in [5, 5.41) is 3.32. The molecule has 0 aliphatic carbocycles. The van der Waals surface area contributed by atoms with Gasteiger partial charge in [-0.05, 0) is 43.5 Å². The fraction of sp³-hybridized carbons (Fsp3) is 0.571. The summed E-state index contributed by atoms with van der Waals surface area (Å²) in [4.78, 5) is 0.374. The first-order chi connectivity index (χ1) is 9.03. The highest BCUT2D eigenvalue weighted by molar-refractivity contribution is 7.89. The molecule has 5 heteroatoms. The number of fused-ring (bicyclic) bond motifs is 1. The first kappa shape index (κ1) is 14.3. The molecule has 1 aromatic rings. The normalized spacial score (nSPS) is 18.1. The summed E-state index contributed by atoms with van der Waals surface area (Å²) >= 11 is 0. The fourth-order valence-corrected chi connectivity index (χ4v) is 3.48. The topological polar surface area (TPSA) is 58.2 Å². The molecule has 1 aliphatic rings. The maximum Gasteiger partial charge on any atom is 0.240 e. The summed E-state index contributed by atoms with van der Waals surface area (Å²) in [5.41, 5.74) is 2.14. The van der Waals surface area contributed by atoms with Crippen molar-refractivity contribution in [1.82, 2.24) is 4.72 Å². The van der Waals surface area contributed by atoms with E-state index in [-0.39, 0.29) is 0 Å². The van der Waals surface area contributed by atoms with Crippen molar-refractivity contribution in [2.75, 3.05) is 11.9 Å². The summed E-state index contributed by atoms with van der Waals surface area (Å²) in [6, 6.07) is 5.70. The number of sulfonamides is 1. The Labute approximate surface area is 115 Å². The van der Waals surface area contributed by atoms with E-state index in [4.69, 9.17) is 0 Å². The molecule has 0 spiro atoms. The van der Waals surface area contributed by atoms with Gasteiger partial charge >= 0.3 is 0 Å². The third-order valence-electron chi connectivity index (χ3n) is 3.39. The molecule has 0 saturated carbocycles. The largest absolute Gasteiger partial charge is 0.382 e. The predicted molar refractivity (Wildman–Crippen MR) is 77.9 cm³/mol. The molecule has 1 unspecified atom stereocenters. The highest BCUT2D eigenvalue weighted by atomic mass is 32.2. The Bertz CT molecular complexity index is 540. The van der Waals surface area contributed by atoms with Crippen LogP contribution in [0.2, 0.25) is 0 Å². The quantitative estimate of drug-likeness (QED) is 0.788. The Balaban J connectivity index is 2.07. The summed E-state index contributed by atoms with van der Waals surface area (Å²) in [6.45, 7) is 4.71. The molecule has 0 saturated heterocycles. The van der Waals surface area contributed by atoms with E-state index in [0.717, 1.165) is 36.9 Å². The molecule has 2 N–H and O–H groups in total. The van der Waals surface area contributed by atoms with Crippen LogP contribution in [0, 0.1) is 0 Å². The van der Waals surface area contributed by atoms with E-state index in [0.29, 0.717) is 17.5 Å².